The molecule has 0 bridgehead atoms. The molecule has 1 N–H and O–H groups in total. The van der Waals surface area contributed by atoms with Crippen LogP contribution in [0.1, 0.15) is 26.3 Å². The topological polar surface area (TPSA) is 76.5 Å². The average molecular weight is 587 g/mol. The summed E-state index contributed by atoms with van der Waals surface area (Å²) in [5, 5.41) is 7.88. The molecule has 1 aliphatic heterocycles. The quantitative estimate of drug-likeness (QED) is 0.192. The highest BCUT2D eigenvalue weighted by Crippen LogP contribution is 2.29. The van der Waals surface area contributed by atoms with Gasteiger partial charge in [-0.2, -0.15) is 18.3 Å². The molecular weight excluding hydrogens is 560 g/mol. The van der Waals surface area contributed by atoms with Crippen LogP contribution in [0.25, 0.3) is 10.9 Å². The van der Waals surface area contributed by atoms with Gasteiger partial charge >= 0.3 is 5.51 Å². The van der Waals surface area contributed by atoms with Gasteiger partial charge in [-0.05, 0) is 84.9 Å². The molecule has 3 aromatic carbocycles. The van der Waals surface area contributed by atoms with Crippen molar-refractivity contribution in [2.24, 2.45) is 5.92 Å². The number of ether oxygens (including phenoxy) is 1. The Hall–Kier alpha value is -4.06. The van der Waals surface area contributed by atoms with E-state index in [0.717, 1.165) is 5.39 Å². The number of hydrogen-bond acceptors (Lipinski definition) is 5. The number of halogens is 4. The first-order chi connectivity index (χ1) is 19.5. The summed E-state index contributed by atoms with van der Waals surface area (Å²) in [6.45, 7) is 3.41. The van der Waals surface area contributed by atoms with E-state index >= 15 is 0 Å². The fourth-order valence-electron chi connectivity index (χ4n) is 4.59. The molecule has 4 aromatic rings. The molecule has 2 amide bonds. The maximum Gasteiger partial charge on any atom is 0.441 e. The number of benzene rings is 3. The van der Waals surface area contributed by atoms with Crippen molar-refractivity contribution in [3.8, 4) is 11.5 Å². The second-order valence-electron chi connectivity index (χ2n) is 9.78. The summed E-state index contributed by atoms with van der Waals surface area (Å²) in [5.74, 6) is 0.131. The molecule has 0 atom stereocenters. The lowest BCUT2D eigenvalue weighted by Gasteiger charge is -2.39. The van der Waals surface area contributed by atoms with E-state index in [2.05, 4.69) is 10.4 Å². The summed E-state index contributed by atoms with van der Waals surface area (Å²) in [6, 6.07) is 15.9. The number of rotatable bonds is 9. The molecular formula is C29H26F4N4O3S. The van der Waals surface area contributed by atoms with Gasteiger partial charge in [-0.15, -0.1) is 0 Å². The molecule has 7 nitrogen and oxygen atoms in total. The van der Waals surface area contributed by atoms with E-state index in [1.54, 1.807) is 52.9 Å². The Labute approximate surface area is 237 Å². The van der Waals surface area contributed by atoms with Crippen LogP contribution in [0, 0.1) is 18.7 Å². The predicted molar refractivity (Wildman–Crippen MR) is 148 cm³/mol. The van der Waals surface area contributed by atoms with Gasteiger partial charge in [0.05, 0.1) is 5.52 Å². The Morgan fingerprint density at radius 2 is 1.71 bits per heavy atom. The zero-order valence-electron chi connectivity index (χ0n) is 22.0. The molecule has 41 heavy (non-hydrogen) atoms. The Morgan fingerprint density at radius 3 is 2.37 bits per heavy atom. The van der Waals surface area contributed by atoms with Crippen LogP contribution in [-0.2, 0) is 6.54 Å². The van der Waals surface area contributed by atoms with Gasteiger partial charge in [0.15, 0.2) is 0 Å². The number of aromatic nitrogens is 2. The zero-order chi connectivity index (χ0) is 29.1. The first-order valence-electron chi connectivity index (χ1n) is 12.8. The zero-order valence-corrected chi connectivity index (χ0v) is 22.8. The summed E-state index contributed by atoms with van der Waals surface area (Å²) in [4.78, 5) is 27.2. The summed E-state index contributed by atoms with van der Waals surface area (Å²) in [7, 11) is 0. The van der Waals surface area contributed by atoms with Gasteiger partial charge in [0.25, 0.3) is 11.8 Å². The van der Waals surface area contributed by atoms with E-state index in [1.165, 1.54) is 24.3 Å². The van der Waals surface area contributed by atoms with E-state index in [4.69, 9.17) is 4.74 Å². The molecule has 1 aliphatic rings. The third-order valence-electron chi connectivity index (χ3n) is 6.64. The number of likely N-dealkylation sites (tertiary alicyclic amines) is 1. The lowest BCUT2D eigenvalue weighted by Crippen LogP contribution is -2.51. The molecule has 0 spiro atoms. The van der Waals surface area contributed by atoms with Crippen molar-refractivity contribution in [3.63, 3.8) is 0 Å². The highest BCUT2D eigenvalue weighted by atomic mass is 32.2. The highest BCUT2D eigenvalue weighted by Gasteiger charge is 2.32. The minimum atomic E-state index is -4.33. The number of amides is 2. The standard InChI is InChI=1S/C29H26F4N4O3S/c1-18-12-26-21(13-25(18)27(38)34-10-11-41-29(31,32)33)17-37(35-26)16-19-14-36(15-19)28(39)20-2-6-23(7-3-20)40-24-8-4-22(30)5-9-24/h2-9,12-13,17,19H,10-11,14-16H2,1H3,(H,34,38). The van der Waals surface area contributed by atoms with E-state index in [-0.39, 0.29) is 41.7 Å². The first kappa shape index (κ1) is 28.5. The van der Waals surface area contributed by atoms with Crippen LogP contribution in [0.5, 0.6) is 11.5 Å². The molecule has 0 aliphatic carbocycles. The van der Waals surface area contributed by atoms with E-state index in [9.17, 15) is 27.2 Å². The van der Waals surface area contributed by atoms with Gasteiger partial charge < -0.3 is 15.0 Å². The molecule has 2 heterocycles. The third-order valence-corrected chi connectivity index (χ3v) is 7.37. The SMILES string of the molecule is Cc1cc2nn(CC3CN(C(=O)c4ccc(Oc5ccc(F)cc5)cc4)C3)cc2cc1C(=O)NCCSC(F)(F)F. The van der Waals surface area contributed by atoms with Crippen molar-refractivity contribution >= 4 is 34.5 Å². The number of carbonyl (C=O) groups is 2. The Kier molecular flexibility index (Phi) is 8.20. The minimum Gasteiger partial charge on any atom is -0.457 e. The maximum absolute atomic E-state index is 13.1. The van der Waals surface area contributed by atoms with Crippen LogP contribution in [0.2, 0.25) is 0 Å². The van der Waals surface area contributed by atoms with Crippen LogP contribution < -0.4 is 10.1 Å². The second-order valence-corrected chi connectivity index (χ2v) is 10.9. The smallest absolute Gasteiger partial charge is 0.441 e. The number of alkyl halides is 3. The number of nitrogens with zero attached hydrogens (tertiary/aromatic N) is 3. The van der Waals surface area contributed by atoms with Gasteiger partial charge in [0.2, 0.25) is 0 Å². The lowest BCUT2D eigenvalue weighted by atomic mass is 9.99. The molecule has 214 valence electrons. The Morgan fingerprint density at radius 1 is 1.05 bits per heavy atom. The number of hydrogen-bond donors (Lipinski definition) is 1. The molecule has 0 saturated carbocycles. The number of nitrogens with one attached hydrogen (secondary N) is 1. The van der Waals surface area contributed by atoms with Crippen LogP contribution in [-0.4, -0.2) is 57.4 Å². The first-order valence-corrected chi connectivity index (χ1v) is 13.8. The largest absolute Gasteiger partial charge is 0.457 e. The van der Waals surface area contributed by atoms with Gasteiger partial charge in [-0.3, -0.25) is 14.3 Å². The molecule has 12 heteroatoms. The molecule has 5 rings (SSSR count). The normalized spacial score (nSPS) is 13.7. The van der Waals surface area contributed by atoms with Crippen LogP contribution in [0.4, 0.5) is 17.6 Å². The fraction of sp³-hybridized carbons (Fsp3) is 0.276. The van der Waals surface area contributed by atoms with E-state index < -0.39 is 11.4 Å². The van der Waals surface area contributed by atoms with Crippen molar-refractivity contribution in [1.82, 2.24) is 20.0 Å². The van der Waals surface area contributed by atoms with Crippen molar-refractivity contribution < 1.29 is 31.9 Å². The number of carbonyl (C=O) groups excluding carboxylic acids is 2. The summed E-state index contributed by atoms with van der Waals surface area (Å²) >= 11 is -0.172. The van der Waals surface area contributed by atoms with Crippen molar-refractivity contribution in [2.75, 3.05) is 25.4 Å². The van der Waals surface area contributed by atoms with Crippen molar-refractivity contribution in [1.29, 1.82) is 0 Å². The number of fused-ring (bicyclic) bond motifs is 1. The Balaban J connectivity index is 1.13. The number of aryl methyl sites for hydroxylation is 1. The third kappa shape index (κ3) is 7.18. The van der Waals surface area contributed by atoms with E-state index in [1.807, 2.05) is 6.20 Å². The summed E-state index contributed by atoms with van der Waals surface area (Å²) in [6.07, 6.45) is 1.83. The predicted octanol–water partition coefficient (Wildman–Crippen LogP) is 6.03. The van der Waals surface area contributed by atoms with Gasteiger partial charge in [0.1, 0.15) is 17.3 Å². The minimum absolute atomic E-state index is 0.0832. The van der Waals surface area contributed by atoms with Crippen molar-refractivity contribution in [2.45, 2.75) is 19.0 Å². The molecule has 1 fully saturated rings. The van der Waals surface area contributed by atoms with Crippen LogP contribution in [0.3, 0.4) is 0 Å². The second kappa shape index (κ2) is 11.8. The van der Waals surface area contributed by atoms with E-state index in [0.29, 0.717) is 53.3 Å². The van der Waals surface area contributed by atoms with Gasteiger partial charge in [-0.1, -0.05) is 0 Å². The summed E-state index contributed by atoms with van der Waals surface area (Å²) < 4.78 is 57.4. The van der Waals surface area contributed by atoms with Crippen LogP contribution in [0.15, 0.2) is 66.9 Å². The molecule has 0 radical (unpaired) electrons. The maximum atomic E-state index is 13.1. The van der Waals surface area contributed by atoms with Crippen LogP contribution >= 0.6 is 11.8 Å². The summed E-state index contributed by atoms with van der Waals surface area (Å²) in [5.41, 5.74) is -2.01. The monoisotopic (exact) mass is 586 g/mol. The van der Waals surface area contributed by atoms with Gasteiger partial charge in [0, 0.05) is 60.6 Å². The molecule has 1 aromatic heterocycles. The number of thioether (sulfide) groups is 1. The molecule has 1 saturated heterocycles. The lowest BCUT2D eigenvalue weighted by molar-refractivity contribution is -0.0327. The van der Waals surface area contributed by atoms with Crippen molar-refractivity contribution in [3.05, 3.63) is 89.4 Å². The van der Waals surface area contributed by atoms with Gasteiger partial charge in [-0.25, -0.2) is 4.39 Å². The highest BCUT2D eigenvalue weighted by molar-refractivity contribution is 8.00. The molecule has 0 unspecified atom stereocenters. The Bertz CT molecular complexity index is 1550. The average Bonchev–Trinajstić information content (AvgIpc) is 3.30. The fourth-order valence-corrected chi connectivity index (χ4v) is 5.03.